The van der Waals surface area contributed by atoms with E-state index in [-0.39, 0.29) is 28.3 Å². The lowest BCUT2D eigenvalue weighted by atomic mass is 10.1. The van der Waals surface area contributed by atoms with Gasteiger partial charge in [-0.15, -0.1) is 0 Å². The number of allylic oxidation sites excluding steroid dienone is 1. The first-order valence-corrected chi connectivity index (χ1v) is 9.28. The average Bonchev–Trinajstić information content (AvgIpc) is 2.76. The van der Waals surface area contributed by atoms with Gasteiger partial charge in [-0.3, -0.25) is 9.59 Å². The van der Waals surface area contributed by atoms with Crippen LogP contribution in [0.2, 0.25) is 0 Å². The van der Waals surface area contributed by atoms with Crippen LogP contribution in [0.3, 0.4) is 0 Å². The van der Waals surface area contributed by atoms with Crippen LogP contribution in [0.4, 0.5) is 18.9 Å². The lowest BCUT2D eigenvalue weighted by molar-refractivity contribution is -0.137. The first-order chi connectivity index (χ1) is 15.5. The van der Waals surface area contributed by atoms with Crippen molar-refractivity contribution in [1.82, 2.24) is 0 Å². The Balaban J connectivity index is 1.87. The lowest BCUT2D eigenvalue weighted by Crippen LogP contribution is -2.20. The Bertz CT molecular complexity index is 1120. The second kappa shape index (κ2) is 10.8. The molecule has 33 heavy (non-hydrogen) atoms. The van der Waals surface area contributed by atoms with E-state index in [2.05, 4.69) is 5.32 Å². The van der Waals surface area contributed by atoms with Crippen LogP contribution in [-0.4, -0.2) is 30.9 Å². The van der Waals surface area contributed by atoms with Crippen molar-refractivity contribution in [2.24, 2.45) is 5.73 Å². The monoisotopic (exact) mass is 461 g/mol. The summed E-state index contributed by atoms with van der Waals surface area (Å²) in [4.78, 5) is 35.8. The van der Waals surface area contributed by atoms with Crippen molar-refractivity contribution in [3.8, 4) is 11.8 Å². The molecule has 0 saturated carbocycles. The molecule has 0 heterocycles. The lowest BCUT2D eigenvalue weighted by Gasteiger charge is -2.11. The number of esters is 1. The fourth-order valence-electron chi connectivity index (χ4n) is 2.46. The number of carbonyl (C=O) groups is 3. The molecule has 8 nitrogen and oxygen atoms in total. The van der Waals surface area contributed by atoms with Gasteiger partial charge >= 0.3 is 12.1 Å². The molecular weight excluding hydrogens is 443 g/mol. The number of nitrogens with one attached hydrogen (secondary N) is 1. The largest absolute Gasteiger partial charge is 0.484 e. The molecule has 1 amide bonds. The molecule has 0 fully saturated rings. The maximum absolute atomic E-state index is 12.7. The van der Waals surface area contributed by atoms with Gasteiger partial charge in [-0.05, 0) is 49.4 Å². The van der Waals surface area contributed by atoms with Crippen molar-refractivity contribution < 1.29 is 37.0 Å². The summed E-state index contributed by atoms with van der Waals surface area (Å²) in [7, 11) is 0. The SMILES string of the molecule is C/C(N)=C(/C#N)C(=O)COC(=O)c1ccc(OCC(=O)Nc2cccc(C(F)(F)F)c2)cc1. The third-order valence-electron chi connectivity index (χ3n) is 4.05. The summed E-state index contributed by atoms with van der Waals surface area (Å²) in [6.45, 7) is 0.220. The fourth-order valence-corrected chi connectivity index (χ4v) is 2.46. The smallest absolute Gasteiger partial charge is 0.416 e. The normalized spacial score (nSPS) is 11.6. The van der Waals surface area contributed by atoms with Gasteiger partial charge in [-0.2, -0.15) is 18.4 Å². The van der Waals surface area contributed by atoms with Crippen LogP contribution < -0.4 is 15.8 Å². The number of ketones is 1. The molecule has 11 heteroatoms. The Morgan fingerprint density at radius 3 is 2.33 bits per heavy atom. The van der Waals surface area contributed by atoms with E-state index >= 15 is 0 Å². The van der Waals surface area contributed by atoms with E-state index in [9.17, 15) is 27.6 Å². The highest BCUT2D eigenvalue weighted by Gasteiger charge is 2.30. The zero-order valence-electron chi connectivity index (χ0n) is 17.2. The fraction of sp³-hybridized carbons (Fsp3) is 0.182. The molecule has 0 spiro atoms. The van der Waals surface area contributed by atoms with Gasteiger partial charge in [0.05, 0.1) is 11.1 Å². The van der Waals surface area contributed by atoms with E-state index in [4.69, 9.17) is 20.5 Å². The summed E-state index contributed by atoms with van der Waals surface area (Å²) in [5.74, 6) is -2.05. The number of nitrogens with two attached hydrogens (primary N) is 1. The second-order valence-electron chi connectivity index (χ2n) is 6.61. The molecule has 0 saturated heterocycles. The first-order valence-electron chi connectivity index (χ1n) is 9.28. The molecule has 2 aromatic carbocycles. The van der Waals surface area contributed by atoms with Gasteiger partial charge in [-0.25, -0.2) is 4.79 Å². The topological polar surface area (TPSA) is 132 Å². The molecule has 2 rings (SSSR count). The molecule has 2 aromatic rings. The summed E-state index contributed by atoms with van der Waals surface area (Å²) in [5, 5.41) is 11.2. The number of rotatable bonds is 8. The van der Waals surface area contributed by atoms with Gasteiger partial charge in [0.2, 0.25) is 5.78 Å². The van der Waals surface area contributed by atoms with Crippen LogP contribution in [0.15, 0.2) is 59.8 Å². The van der Waals surface area contributed by atoms with E-state index in [0.717, 1.165) is 12.1 Å². The number of Topliss-reactive ketones (excluding diaryl/α,β-unsaturated/α-hetero) is 1. The Morgan fingerprint density at radius 2 is 1.76 bits per heavy atom. The van der Waals surface area contributed by atoms with Crippen molar-refractivity contribution >= 4 is 23.3 Å². The molecule has 0 bridgehead atoms. The van der Waals surface area contributed by atoms with E-state index in [1.807, 2.05) is 0 Å². The number of ether oxygens (including phenoxy) is 2. The highest BCUT2D eigenvalue weighted by Crippen LogP contribution is 2.30. The number of carbonyl (C=O) groups excluding carboxylic acids is 3. The van der Waals surface area contributed by atoms with Crippen LogP contribution in [-0.2, 0) is 20.5 Å². The number of benzene rings is 2. The average molecular weight is 461 g/mol. The van der Waals surface area contributed by atoms with Crippen molar-refractivity contribution in [1.29, 1.82) is 5.26 Å². The summed E-state index contributed by atoms with van der Waals surface area (Å²) < 4.78 is 48.3. The number of halogens is 3. The Kier molecular flexibility index (Phi) is 8.17. The Hall–Kier alpha value is -4.33. The molecule has 0 aliphatic heterocycles. The van der Waals surface area contributed by atoms with Crippen LogP contribution in [0.5, 0.6) is 5.75 Å². The van der Waals surface area contributed by atoms with Crippen LogP contribution in [0.1, 0.15) is 22.8 Å². The molecule has 0 aromatic heterocycles. The minimum atomic E-state index is -4.54. The summed E-state index contributed by atoms with van der Waals surface area (Å²) in [5.41, 5.74) is 4.26. The number of hydrogen-bond acceptors (Lipinski definition) is 7. The van der Waals surface area contributed by atoms with Gasteiger partial charge in [0, 0.05) is 11.4 Å². The minimum Gasteiger partial charge on any atom is -0.484 e. The van der Waals surface area contributed by atoms with Gasteiger partial charge in [-0.1, -0.05) is 6.07 Å². The molecule has 0 aliphatic carbocycles. The van der Waals surface area contributed by atoms with E-state index in [1.54, 1.807) is 6.07 Å². The Labute approximate surface area is 186 Å². The van der Waals surface area contributed by atoms with Crippen LogP contribution >= 0.6 is 0 Å². The van der Waals surface area contributed by atoms with Gasteiger partial charge in [0.25, 0.3) is 5.91 Å². The highest BCUT2D eigenvalue weighted by atomic mass is 19.4. The molecule has 0 unspecified atom stereocenters. The van der Waals surface area contributed by atoms with Gasteiger partial charge in [0.15, 0.2) is 13.2 Å². The van der Waals surface area contributed by atoms with Crippen molar-refractivity contribution in [2.75, 3.05) is 18.5 Å². The standard InChI is InChI=1S/C22H18F3N3O5/c1-13(27)18(10-26)19(29)11-33-21(31)14-5-7-17(8-6-14)32-12-20(30)28-16-4-2-3-15(9-16)22(23,24)25/h2-9H,11-12,27H2,1H3,(H,28,30)/b18-13+. The molecule has 3 N–H and O–H groups in total. The van der Waals surface area contributed by atoms with Crippen molar-refractivity contribution in [3.05, 3.63) is 70.9 Å². The molecule has 0 aliphatic rings. The summed E-state index contributed by atoms with van der Waals surface area (Å²) in [6.07, 6.45) is -4.54. The molecular formula is C22H18F3N3O5. The number of amides is 1. The van der Waals surface area contributed by atoms with Crippen LogP contribution in [0, 0.1) is 11.3 Å². The third-order valence-corrected chi connectivity index (χ3v) is 4.05. The van der Waals surface area contributed by atoms with Crippen molar-refractivity contribution in [3.63, 3.8) is 0 Å². The van der Waals surface area contributed by atoms with E-state index in [1.165, 1.54) is 43.3 Å². The number of anilines is 1. The highest BCUT2D eigenvalue weighted by molar-refractivity contribution is 6.02. The second-order valence-corrected chi connectivity index (χ2v) is 6.61. The quantitative estimate of drug-likeness (QED) is 0.351. The summed E-state index contributed by atoms with van der Waals surface area (Å²) in [6, 6.07) is 11.2. The first kappa shape index (κ1) is 24.9. The van der Waals surface area contributed by atoms with Gasteiger partial charge in [0.1, 0.15) is 17.4 Å². The number of alkyl halides is 3. The third kappa shape index (κ3) is 7.39. The zero-order chi connectivity index (χ0) is 24.6. The molecule has 172 valence electrons. The maximum atomic E-state index is 12.7. The predicted molar refractivity (Wildman–Crippen MR) is 110 cm³/mol. The molecule has 0 atom stereocenters. The minimum absolute atomic E-state index is 0.0112. The molecule has 0 radical (unpaired) electrons. The van der Waals surface area contributed by atoms with E-state index < -0.39 is 42.6 Å². The zero-order valence-corrected chi connectivity index (χ0v) is 17.2. The van der Waals surface area contributed by atoms with Crippen molar-refractivity contribution in [2.45, 2.75) is 13.1 Å². The number of nitrogens with zero attached hydrogens (tertiary/aromatic N) is 1. The van der Waals surface area contributed by atoms with Gasteiger partial charge < -0.3 is 20.5 Å². The maximum Gasteiger partial charge on any atom is 0.416 e. The van der Waals surface area contributed by atoms with Crippen LogP contribution in [0.25, 0.3) is 0 Å². The Morgan fingerprint density at radius 1 is 1.09 bits per heavy atom. The van der Waals surface area contributed by atoms with E-state index in [0.29, 0.717) is 0 Å². The summed E-state index contributed by atoms with van der Waals surface area (Å²) >= 11 is 0. The predicted octanol–water partition coefficient (Wildman–Crippen LogP) is 3.21. The number of nitriles is 1. The number of hydrogen-bond donors (Lipinski definition) is 2.